The van der Waals surface area contributed by atoms with Crippen LogP contribution in [0.3, 0.4) is 0 Å². The minimum absolute atomic E-state index is 0.0340. The van der Waals surface area contributed by atoms with Crippen molar-refractivity contribution in [1.29, 1.82) is 0 Å². The van der Waals surface area contributed by atoms with Gasteiger partial charge in [0.05, 0.1) is 0 Å². The largest absolute Gasteiger partial charge is 0.465 e. The van der Waals surface area contributed by atoms with Gasteiger partial charge in [-0.25, -0.2) is 10.6 Å². The second kappa shape index (κ2) is 4.80. The lowest BCUT2D eigenvalue weighted by Crippen LogP contribution is -2.47. The molecule has 0 aliphatic carbocycles. The van der Waals surface area contributed by atoms with Crippen LogP contribution in [0.25, 0.3) is 0 Å². The van der Waals surface area contributed by atoms with E-state index < -0.39 is 18.0 Å². The Hall–Kier alpha value is -1.30. The van der Waals surface area contributed by atoms with Crippen molar-refractivity contribution < 1.29 is 14.7 Å². The van der Waals surface area contributed by atoms with Gasteiger partial charge in [-0.15, -0.1) is 0 Å². The smallest absolute Gasteiger partial charge is 0.404 e. The molecule has 0 aliphatic rings. The minimum atomic E-state index is -1.14. The average Bonchev–Trinajstić information content (AvgIpc) is 2.00. The van der Waals surface area contributed by atoms with Crippen LogP contribution in [0.1, 0.15) is 27.2 Å². The third-order valence-corrected chi connectivity index (χ3v) is 1.89. The molecule has 0 aromatic rings. The average molecular weight is 203 g/mol. The maximum absolute atomic E-state index is 11.0. The van der Waals surface area contributed by atoms with Gasteiger partial charge in [0.25, 0.3) is 0 Å². The molecule has 5 N–H and O–H groups in total. The van der Waals surface area contributed by atoms with E-state index in [0.29, 0.717) is 0 Å². The molecule has 0 rings (SSSR count). The maximum atomic E-state index is 11.0. The predicted molar refractivity (Wildman–Crippen MR) is 51.4 cm³/mol. The first-order valence-electron chi connectivity index (χ1n) is 4.26. The summed E-state index contributed by atoms with van der Waals surface area (Å²) >= 11 is 0. The van der Waals surface area contributed by atoms with Gasteiger partial charge in [0, 0.05) is 12.5 Å². The van der Waals surface area contributed by atoms with Gasteiger partial charge >= 0.3 is 6.09 Å². The molecular weight excluding hydrogens is 186 g/mol. The molecule has 0 saturated heterocycles. The van der Waals surface area contributed by atoms with Crippen LogP contribution < -0.4 is 16.6 Å². The Kier molecular flexibility index (Phi) is 4.36. The fourth-order valence-corrected chi connectivity index (χ4v) is 0.967. The predicted octanol–water partition coefficient (Wildman–Crippen LogP) is 0.0487. The van der Waals surface area contributed by atoms with Gasteiger partial charge in [0.2, 0.25) is 5.91 Å². The highest BCUT2D eigenvalue weighted by molar-refractivity contribution is 5.77. The molecule has 0 aromatic carbocycles. The number of nitrogens with one attached hydrogen (secondary N) is 2. The molecule has 0 fully saturated rings. The summed E-state index contributed by atoms with van der Waals surface area (Å²) < 4.78 is 0. The summed E-state index contributed by atoms with van der Waals surface area (Å²) in [5, 5.41) is 10.8. The molecule has 0 radical (unpaired) electrons. The second-order valence-corrected chi connectivity index (χ2v) is 4.14. The number of hydrogen-bond acceptors (Lipinski definition) is 3. The normalized spacial score (nSPS) is 13.1. The van der Waals surface area contributed by atoms with E-state index >= 15 is 0 Å². The monoisotopic (exact) mass is 203 g/mol. The molecule has 1 atom stereocenters. The van der Waals surface area contributed by atoms with E-state index in [9.17, 15) is 9.59 Å². The minimum Gasteiger partial charge on any atom is -0.465 e. The van der Waals surface area contributed by atoms with Crippen molar-refractivity contribution in [3.63, 3.8) is 0 Å². The number of hydrazine groups is 1. The molecule has 1 unspecified atom stereocenters. The zero-order chi connectivity index (χ0) is 11.4. The highest BCUT2D eigenvalue weighted by atomic mass is 16.4. The number of hydrogen-bond donors (Lipinski definition) is 4. The number of nitrogens with two attached hydrogens (primary N) is 1. The molecule has 0 aromatic heterocycles. The number of amides is 2. The Morgan fingerprint density at radius 1 is 1.43 bits per heavy atom. The van der Waals surface area contributed by atoms with E-state index in [2.05, 4.69) is 5.32 Å². The van der Waals surface area contributed by atoms with Crippen molar-refractivity contribution in [3.05, 3.63) is 0 Å². The summed E-state index contributed by atoms with van der Waals surface area (Å²) in [6.45, 7) is 5.53. The van der Waals surface area contributed by atoms with E-state index in [1.807, 2.05) is 26.2 Å². The van der Waals surface area contributed by atoms with Crippen molar-refractivity contribution >= 4 is 12.0 Å². The summed E-state index contributed by atoms with van der Waals surface area (Å²) in [6, 6.07) is -0.455. The topological polar surface area (TPSA) is 104 Å². The Morgan fingerprint density at radius 2 is 1.93 bits per heavy atom. The SMILES string of the molecule is CC(C)(C)C(CC(=O)NN)NC(=O)O. The Morgan fingerprint density at radius 3 is 2.21 bits per heavy atom. The van der Waals surface area contributed by atoms with Crippen LogP contribution in [0.5, 0.6) is 0 Å². The zero-order valence-electron chi connectivity index (χ0n) is 8.63. The first-order valence-corrected chi connectivity index (χ1v) is 4.26. The van der Waals surface area contributed by atoms with Crippen LogP contribution >= 0.6 is 0 Å². The fourth-order valence-electron chi connectivity index (χ4n) is 0.967. The van der Waals surface area contributed by atoms with Gasteiger partial charge in [-0.2, -0.15) is 0 Å². The van der Waals surface area contributed by atoms with Crippen molar-refractivity contribution in [2.75, 3.05) is 0 Å². The third kappa shape index (κ3) is 4.66. The van der Waals surface area contributed by atoms with Crippen molar-refractivity contribution in [2.24, 2.45) is 11.3 Å². The van der Waals surface area contributed by atoms with E-state index in [4.69, 9.17) is 10.9 Å². The quantitative estimate of drug-likeness (QED) is 0.295. The molecule has 0 saturated carbocycles. The van der Waals surface area contributed by atoms with Crippen LogP contribution in [-0.2, 0) is 4.79 Å². The lowest BCUT2D eigenvalue weighted by molar-refractivity contribution is -0.122. The first-order chi connectivity index (χ1) is 6.27. The van der Waals surface area contributed by atoms with Gasteiger partial charge in [0.1, 0.15) is 0 Å². The molecule has 0 aliphatic heterocycles. The fraction of sp³-hybridized carbons (Fsp3) is 0.750. The van der Waals surface area contributed by atoms with Crippen LogP contribution in [0, 0.1) is 5.41 Å². The van der Waals surface area contributed by atoms with Gasteiger partial charge in [-0.05, 0) is 5.41 Å². The Labute approximate surface area is 82.8 Å². The zero-order valence-corrected chi connectivity index (χ0v) is 8.63. The van der Waals surface area contributed by atoms with Crippen molar-refractivity contribution in [2.45, 2.75) is 33.2 Å². The van der Waals surface area contributed by atoms with E-state index in [-0.39, 0.29) is 11.8 Å². The van der Waals surface area contributed by atoms with Crippen LogP contribution in [0.15, 0.2) is 0 Å². The number of rotatable bonds is 3. The van der Waals surface area contributed by atoms with E-state index in [1.165, 1.54) is 0 Å². The van der Waals surface area contributed by atoms with Gasteiger partial charge in [-0.3, -0.25) is 10.2 Å². The van der Waals surface area contributed by atoms with Gasteiger partial charge < -0.3 is 10.4 Å². The molecule has 14 heavy (non-hydrogen) atoms. The summed E-state index contributed by atoms with van der Waals surface area (Å²) in [7, 11) is 0. The van der Waals surface area contributed by atoms with Crippen LogP contribution in [-0.4, -0.2) is 23.1 Å². The molecule has 0 spiro atoms. The van der Waals surface area contributed by atoms with Crippen LogP contribution in [0.4, 0.5) is 4.79 Å². The summed E-state index contributed by atoms with van der Waals surface area (Å²) in [5.74, 6) is 4.53. The third-order valence-electron chi connectivity index (χ3n) is 1.89. The Bertz CT molecular complexity index is 222. The number of carbonyl (C=O) groups is 2. The highest BCUT2D eigenvalue weighted by Crippen LogP contribution is 2.21. The molecular formula is C8H17N3O3. The second-order valence-electron chi connectivity index (χ2n) is 4.14. The molecule has 0 bridgehead atoms. The number of carboxylic acid groups (broad SMARTS) is 1. The van der Waals surface area contributed by atoms with Gasteiger partial charge in [-0.1, -0.05) is 20.8 Å². The van der Waals surface area contributed by atoms with Crippen molar-refractivity contribution in [3.8, 4) is 0 Å². The molecule has 0 heterocycles. The van der Waals surface area contributed by atoms with E-state index in [1.54, 1.807) is 0 Å². The summed E-state index contributed by atoms with van der Waals surface area (Å²) in [4.78, 5) is 21.4. The van der Waals surface area contributed by atoms with Crippen LogP contribution in [0.2, 0.25) is 0 Å². The summed E-state index contributed by atoms with van der Waals surface area (Å²) in [6.07, 6.45) is -1.11. The lowest BCUT2D eigenvalue weighted by atomic mass is 9.84. The molecule has 6 nitrogen and oxygen atoms in total. The first kappa shape index (κ1) is 12.7. The highest BCUT2D eigenvalue weighted by Gasteiger charge is 2.28. The summed E-state index contributed by atoms with van der Waals surface area (Å²) in [5.41, 5.74) is 1.64. The standard InChI is InChI=1S/C8H17N3O3/c1-8(2,3)5(10-7(13)14)4-6(12)11-9/h5,10H,4,9H2,1-3H3,(H,11,12)(H,13,14). The number of carbonyl (C=O) groups excluding carboxylic acids is 1. The van der Waals surface area contributed by atoms with E-state index in [0.717, 1.165) is 0 Å². The Balaban J connectivity index is 4.41. The van der Waals surface area contributed by atoms with Gasteiger partial charge in [0.15, 0.2) is 0 Å². The molecule has 6 heteroatoms. The van der Waals surface area contributed by atoms with Crippen molar-refractivity contribution in [1.82, 2.24) is 10.7 Å². The molecule has 2 amide bonds. The molecule has 82 valence electrons. The maximum Gasteiger partial charge on any atom is 0.404 e. The lowest BCUT2D eigenvalue weighted by Gasteiger charge is -2.29.